The van der Waals surface area contributed by atoms with Crippen molar-refractivity contribution in [2.75, 3.05) is 13.2 Å². The molecule has 0 aromatic heterocycles. The minimum Gasteiger partial charge on any atom is -0.493 e. The van der Waals surface area contributed by atoms with Gasteiger partial charge in [0.25, 0.3) is 10.1 Å². The number of ether oxygens (including phenoxy) is 1. The van der Waals surface area contributed by atoms with E-state index in [0.717, 1.165) is 5.56 Å². The summed E-state index contributed by atoms with van der Waals surface area (Å²) in [5.74, 6) is 0.476. The van der Waals surface area contributed by atoms with Crippen LogP contribution in [0.4, 0.5) is 0 Å². The van der Waals surface area contributed by atoms with E-state index in [0.29, 0.717) is 24.0 Å². The van der Waals surface area contributed by atoms with Crippen molar-refractivity contribution in [1.82, 2.24) is 0 Å². The molecule has 23 heavy (non-hydrogen) atoms. The Morgan fingerprint density at radius 3 is 2.39 bits per heavy atom. The van der Waals surface area contributed by atoms with E-state index in [-0.39, 0.29) is 18.1 Å². The lowest BCUT2D eigenvalue weighted by molar-refractivity contribution is 0.111. The number of para-hydroxylation sites is 1. The second kappa shape index (κ2) is 7.89. The Kier molecular flexibility index (Phi) is 5.90. The predicted molar refractivity (Wildman–Crippen MR) is 86.3 cm³/mol. The van der Waals surface area contributed by atoms with Gasteiger partial charge in [-0.15, -0.1) is 0 Å². The maximum Gasteiger partial charge on any atom is 0.296 e. The molecule has 0 aliphatic heterocycles. The highest BCUT2D eigenvalue weighted by molar-refractivity contribution is 7.86. The SMILES string of the molecule is Cc1ccc(S(=O)(=O)OCCCOc2ccccc2C=O)cc1. The van der Waals surface area contributed by atoms with Gasteiger partial charge in [-0.1, -0.05) is 29.8 Å². The van der Waals surface area contributed by atoms with Crippen LogP contribution in [0.1, 0.15) is 22.3 Å². The molecule has 2 aromatic carbocycles. The molecule has 0 unspecified atom stereocenters. The van der Waals surface area contributed by atoms with Gasteiger partial charge in [0.2, 0.25) is 0 Å². The first-order valence-corrected chi connectivity index (χ1v) is 8.57. The van der Waals surface area contributed by atoms with Gasteiger partial charge in [0.1, 0.15) is 5.75 Å². The standard InChI is InChI=1S/C17H18O5S/c1-14-7-9-16(10-8-14)23(19,20)22-12-4-11-21-17-6-3-2-5-15(17)13-18/h2-3,5-10,13H,4,11-12H2,1H3. The van der Waals surface area contributed by atoms with Gasteiger partial charge in [-0.2, -0.15) is 8.42 Å². The first kappa shape index (κ1) is 17.2. The molecule has 0 atom stereocenters. The molecule has 122 valence electrons. The molecule has 5 nitrogen and oxygen atoms in total. The minimum atomic E-state index is -3.75. The summed E-state index contributed by atoms with van der Waals surface area (Å²) in [5, 5.41) is 0. The molecule has 0 N–H and O–H groups in total. The molecule has 0 saturated carbocycles. The Bertz CT molecular complexity index is 751. The Hall–Kier alpha value is -2.18. The van der Waals surface area contributed by atoms with Crippen LogP contribution < -0.4 is 4.74 Å². The van der Waals surface area contributed by atoms with Gasteiger partial charge in [0.15, 0.2) is 6.29 Å². The molecule has 0 amide bonds. The predicted octanol–water partition coefficient (Wildman–Crippen LogP) is 2.98. The molecule has 2 aromatic rings. The first-order valence-electron chi connectivity index (χ1n) is 7.16. The van der Waals surface area contributed by atoms with Crippen LogP contribution in [-0.4, -0.2) is 27.9 Å². The van der Waals surface area contributed by atoms with E-state index in [1.165, 1.54) is 12.1 Å². The quantitative estimate of drug-likeness (QED) is 0.422. The van der Waals surface area contributed by atoms with E-state index >= 15 is 0 Å². The lowest BCUT2D eigenvalue weighted by atomic mass is 10.2. The molecular formula is C17H18O5S. The third-order valence-electron chi connectivity index (χ3n) is 3.14. The van der Waals surface area contributed by atoms with Gasteiger partial charge in [0, 0.05) is 6.42 Å². The summed E-state index contributed by atoms with van der Waals surface area (Å²) in [6.45, 7) is 2.15. The number of aryl methyl sites for hydroxylation is 1. The highest BCUT2D eigenvalue weighted by Gasteiger charge is 2.14. The van der Waals surface area contributed by atoms with Gasteiger partial charge in [-0.25, -0.2) is 0 Å². The Morgan fingerprint density at radius 2 is 1.70 bits per heavy atom. The second-order valence-electron chi connectivity index (χ2n) is 4.95. The minimum absolute atomic E-state index is 0.0134. The fraction of sp³-hybridized carbons (Fsp3) is 0.235. The summed E-state index contributed by atoms with van der Waals surface area (Å²) in [6, 6.07) is 13.3. The highest BCUT2D eigenvalue weighted by Crippen LogP contribution is 2.16. The van der Waals surface area contributed by atoms with E-state index in [2.05, 4.69) is 0 Å². The largest absolute Gasteiger partial charge is 0.493 e. The number of benzene rings is 2. The van der Waals surface area contributed by atoms with Crippen molar-refractivity contribution in [1.29, 1.82) is 0 Å². The number of carbonyl (C=O) groups excluding carboxylic acids is 1. The van der Waals surface area contributed by atoms with Crippen LogP contribution in [0, 0.1) is 6.92 Å². The van der Waals surface area contributed by atoms with E-state index in [1.807, 2.05) is 6.92 Å². The van der Waals surface area contributed by atoms with Gasteiger partial charge in [0.05, 0.1) is 23.7 Å². The highest BCUT2D eigenvalue weighted by atomic mass is 32.2. The summed E-state index contributed by atoms with van der Waals surface area (Å²) in [5.41, 5.74) is 1.44. The zero-order chi connectivity index (χ0) is 16.7. The molecule has 0 bridgehead atoms. The van der Waals surface area contributed by atoms with Gasteiger partial charge in [-0.05, 0) is 31.2 Å². The van der Waals surface area contributed by atoms with Crippen LogP contribution in [0.15, 0.2) is 53.4 Å². The van der Waals surface area contributed by atoms with Crippen LogP contribution in [0.5, 0.6) is 5.75 Å². The van der Waals surface area contributed by atoms with Crippen LogP contribution in [-0.2, 0) is 14.3 Å². The van der Waals surface area contributed by atoms with Gasteiger partial charge < -0.3 is 4.74 Å². The Morgan fingerprint density at radius 1 is 1.00 bits per heavy atom. The topological polar surface area (TPSA) is 69.7 Å². The van der Waals surface area contributed by atoms with E-state index in [1.54, 1.807) is 36.4 Å². The van der Waals surface area contributed by atoms with E-state index in [9.17, 15) is 13.2 Å². The second-order valence-corrected chi connectivity index (χ2v) is 6.56. The summed E-state index contributed by atoms with van der Waals surface area (Å²) >= 11 is 0. The van der Waals surface area contributed by atoms with Crippen molar-refractivity contribution in [3.8, 4) is 5.75 Å². The van der Waals surface area contributed by atoms with Crippen LogP contribution >= 0.6 is 0 Å². The molecule has 0 aliphatic rings. The molecule has 0 radical (unpaired) electrons. The van der Waals surface area contributed by atoms with Crippen molar-refractivity contribution >= 4 is 16.4 Å². The summed E-state index contributed by atoms with van der Waals surface area (Å²) in [4.78, 5) is 11.0. The lowest BCUT2D eigenvalue weighted by Crippen LogP contribution is -2.10. The van der Waals surface area contributed by atoms with Crippen molar-refractivity contribution < 1.29 is 22.1 Å². The molecule has 0 heterocycles. The lowest BCUT2D eigenvalue weighted by Gasteiger charge is -2.09. The molecule has 0 saturated heterocycles. The molecular weight excluding hydrogens is 316 g/mol. The van der Waals surface area contributed by atoms with E-state index in [4.69, 9.17) is 8.92 Å². The van der Waals surface area contributed by atoms with Gasteiger partial charge in [-0.3, -0.25) is 8.98 Å². The maximum atomic E-state index is 12.0. The molecule has 0 aliphatic carbocycles. The number of carbonyl (C=O) groups is 1. The average Bonchev–Trinajstić information content (AvgIpc) is 2.55. The summed E-state index contributed by atoms with van der Waals surface area (Å²) in [7, 11) is -3.75. The number of rotatable bonds is 8. The van der Waals surface area contributed by atoms with Crippen LogP contribution in [0.25, 0.3) is 0 Å². The zero-order valence-corrected chi connectivity index (χ0v) is 13.6. The monoisotopic (exact) mass is 334 g/mol. The summed E-state index contributed by atoms with van der Waals surface area (Å²) < 4.78 is 34.4. The fourth-order valence-electron chi connectivity index (χ4n) is 1.89. The van der Waals surface area contributed by atoms with Crippen LogP contribution in [0.3, 0.4) is 0 Å². The number of hydrogen-bond donors (Lipinski definition) is 0. The van der Waals surface area contributed by atoms with Gasteiger partial charge >= 0.3 is 0 Å². The van der Waals surface area contributed by atoms with Crippen molar-refractivity contribution in [2.24, 2.45) is 0 Å². The Balaban J connectivity index is 1.81. The first-order chi connectivity index (χ1) is 11.0. The Labute approximate surface area is 136 Å². The average molecular weight is 334 g/mol. The number of hydrogen-bond acceptors (Lipinski definition) is 5. The molecule has 2 rings (SSSR count). The fourth-order valence-corrected chi connectivity index (χ4v) is 2.83. The molecule has 0 fully saturated rings. The maximum absolute atomic E-state index is 12.0. The normalized spacial score (nSPS) is 11.2. The smallest absolute Gasteiger partial charge is 0.296 e. The van der Waals surface area contributed by atoms with Crippen molar-refractivity contribution in [2.45, 2.75) is 18.2 Å². The zero-order valence-electron chi connectivity index (χ0n) is 12.8. The molecule has 0 spiro atoms. The van der Waals surface area contributed by atoms with Crippen molar-refractivity contribution in [3.63, 3.8) is 0 Å². The third-order valence-corrected chi connectivity index (χ3v) is 4.47. The summed E-state index contributed by atoms with van der Waals surface area (Å²) in [6.07, 6.45) is 1.10. The van der Waals surface area contributed by atoms with E-state index < -0.39 is 10.1 Å². The molecule has 6 heteroatoms. The van der Waals surface area contributed by atoms with Crippen molar-refractivity contribution in [3.05, 3.63) is 59.7 Å². The third kappa shape index (κ3) is 4.91. The van der Waals surface area contributed by atoms with Crippen LogP contribution in [0.2, 0.25) is 0 Å². The number of aldehydes is 1.